The van der Waals surface area contributed by atoms with E-state index in [-0.39, 0.29) is 34.7 Å². The van der Waals surface area contributed by atoms with Gasteiger partial charge in [0.25, 0.3) is 0 Å². The van der Waals surface area contributed by atoms with E-state index < -0.39 is 24.3 Å². The first-order valence-corrected chi connectivity index (χ1v) is 11.0. The molecule has 0 amide bonds. The standard InChI is InChI=1S/C23H34O6/c1-12(24)28-18-8-10-22(3)15-7-9-23(4)14(5-6-19(23)27)20(15)17(26)11-16(22)21(18)29-13(2)25/h11,14-15,17-21,26-27H,5-10H2,1-4H3/t14-,15-,17-,18-,19-,20-,21+,22+,23-/m0/s1. The second kappa shape index (κ2) is 7.09. The molecule has 3 fully saturated rings. The number of esters is 2. The van der Waals surface area contributed by atoms with Crippen LogP contribution < -0.4 is 0 Å². The molecule has 0 unspecified atom stereocenters. The summed E-state index contributed by atoms with van der Waals surface area (Å²) in [6, 6.07) is 0. The fourth-order valence-corrected chi connectivity index (χ4v) is 7.28. The van der Waals surface area contributed by atoms with Crippen LogP contribution in [-0.2, 0) is 19.1 Å². The number of carbonyl (C=O) groups is 2. The van der Waals surface area contributed by atoms with Crippen LogP contribution in [0.3, 0.4) is 0 Å². The molecule has 4 aliphatic carbocycles. The number of hydrogen-bond acceptors (Lipinski definition) is 6. The van der Waals surface area contributed by atoms with E-state index in [1.165, 1.54) is 13.8 Å². The van der Waals surface area contributed by atoms with Crippen molar-refractivity contribution in [2.45, 2.75) is 90.6 Å². The molecule has 4 rings (SSSR count). The van der Waals surface area contributed by atoms with Crippen molar-refractivity contribution in [1.29, 1.82) is 0 Å². The van der Waals surface area contributed by atoms with Gasteiger partial charge in [-0.1, -0.05) is 19.9 Å². The SMILES string of the molecule is CC(=O)O[C@H]1CC[C@@]2(C)C(=C[C@H](O)[C@H]3[C@@H]4CC[C@H](O)[C@@]4(C)CC[C@@H]32)[C@H]1OC(C)=O. The summed E-state index contributed by atoms with van der Waals surface area (Å²) in [4.78, 5) is 23.4. The molecule has 0 aromatic heterocycles. The number of rotatable bonds is 2. The summed E-state index contributed by atoms with van der Waals surface area (Å²) in [5, 5.41) is 21.8. The predicted octanol–water partition coefficient (Wildman–Crippen LogP) is 2.75. The van der Waals surface area contributed by atoms with E-state index in [4.69, 9.17) is 9.47 Å². The minimum Gasteiger partial charge on any atom is -0.458 e. The van der Waals surface area contributed by atoms with Gasteiger partial charge >= 0.3 is 11.9 Å². The van der Waals surface area contributed by atoms with Crippen molar-refractivity contribution in [2.75, 3.05) is 0 Å². The van der Waals surface area contributed by atoms with Gasteiger partial charge in [0.2, 0.25) is 0 Å². The molecular formula is C23H34O6. The van der Waals surface area contributed by atoms with E-state index in [2.05, 4.69) is 13.8 Å². The first-order valence-electron chi connectivity index (χ1n) is 11.0. The Morgan fingerprint density at radius 1 is 0.966 bits per heavy atom. The molecule has 4 aliphatic rings. The highest BCUT2D eigenvalue weighted by molar-refractivity contribution is 5.68. The molecule has 0 spiro atoms. The van der Waals surface area contributed by atoms with E-state index in [1.54, 1.807) is 0 Å². The third-order valence-electron chi connectivity index (χ3n) is 8.71. The molecule has 6 heteroatoms. The third kappa shape index (κ3) is 3.14. The lowest BCUT2D eigenvalue weighted by atomic mass is 9.47. The Bertz CT molecular complexity index is 731. The molecule has 0 aliphatic heterocycles. The molecule has 0 aromatic rings. The molecule has 0 radical (unpaired) electrons. The van der Waals surface area contributed by atoms with Gasteiger partial charge in [-0.2, -0.15) is 0 Å². The molecule has 0 bridgehead atoms. The monoisotopic (exact) mass is 406 g/mol. The molecule has 0 saturated heterocycles. The van der Waals surface area contributed by atoms with Crippen molar-refractivity contribution in [3.8, 4) is 0 Å². The van der Waals surface area contributed by atoms with Gasteiger partial charge in [-0.25, -0.2) is 0 Å². The fourth-order valence-electron chi connectivity index (χ4n) is 7.28. The Hall–Kier alpha value is -1.40. The van der Waals surface area contributed by atoms with Crippen molar-refractivity contribution < 1.29 is 29.3 Å². The zero-order valence-corrected chi connectivity index (χ0v) is 17.9. The zero-order valence-electron chi connectivity index (χ0n) is 17.9. The molecular weight excluding hydrogens is 372 g/mol. The van der Waals surface area contributed by atoms with Crippen molar-refractivity contribution in [3.63, 3.8) is 0 Å². The minimum absolute atomic E-state index is 0.0999. The van der Waals surface area contributed by atoms with Gasteiger partial charge in [-0.15, -0.1) is 0 Å². The Kier molecular flexibility index (Phi) is 5.10. The molecule has 9 atom stereocenters. The third-order valence-corrected chi connectivity index (χ3v) is 8.71. The molecule has 29 heavy (non-hydrogen) atoms. The second-order valence-corrected chi connectivity index (χ2v) is 10.2. The Balaban J connectivity index is 1.72. The maximum Gasteiger partial charge on any atom is 0.303 e. The smallest absolute Gasteiger partial charge is 0.303 e. The van der Waals surface area contributed by atoms with Crippen LogP contribution in [0.2, 0.25) is 0 Å². The summed E-state index contributed by atoms with van der Waals surface area (Å²) in [5.74, 6) is -0.151. The Morgan fingerprint density at radius 3 is 2.31 bits per heavy atom. The van der Waals surface area contributed by atoms with Gasteiger partial charge in [-0.3, -0.25) is 9.59 Å². The van der Waals surface area contributed by atoms with Crippen LogP contribution in [0.4, 0.5) is 0 Å². The summed E-state index contributed by atoms with van der Waals surface area (Å²) in [7, 11) is 0. The Labute approximate surface area is 172 Å². The zero-order chi connectivity index (χ0) is 21.1. The Morgan fingerprint density at radius 2 is 1.66 bits per heavy atom. The van der Waals surface area contributed by atoms with Crippen LogP contribution in [0.1, 0.15) is 66.2 Å². The van der Waals surface area contributed by atoms with E-state index in [1.807, 2.05) is 6.08 Å². The quantitative estimate of drug-likeness (QED) is 0.541. The summed E-state index contributed by atoms with van der Waals surface area (Å²) in [6.07, 6.45) is 4.86. The van der Waals surface area contributed by atoms with Crippen LogP contribution in [0.15, 0.2) is 11.6 Å². The van der Waals surface area contributed by atoms with Crippen molar-refractivity contribution in [2.24, 2.45) is 28.6 Å². The lowest BCUT2D eigenvalue weighted by Crippen LogP contribution is -2.58. The summed E-state index contributed by atoms with van der Waals surface area (Å²) < 4.78 is 11.2. The van der Waals surface area contributed by atoms with E-state index in [0.717, 1.165) is 37.7 Å². The van der Waals surface area contributed by atoms with Gasteiger partial charge in [0.15, 0.2) is 6.10 Å². The first kappa shape index (κ1) is 20.9. The van der Waals surface area contributed by atoms with Crippen molar-refractivity contribution >= 4 is 11.9 Å². The molecule has 162 valence electrons. The maximum absolute atomic E-state index is 11.8. The highest BCUT2D eigenvalue weighted by atomic mass is 16.6. The molecule has 6 nitrogen and oxygen atoms in total. The lowest BCUT2D eigenvalue weighted by molar-refractivity contribution is -0.172. The highest BCUT2D eigenvalue weighted by Crippen LogP contribution is 2.65. The minimum atomic E-state index is -0.646. The number of hydrogen-bond donors (Lipinski definition) is 2. The number of fused-ring (bicyclic) bond motifs is 5. The van der Waals surface area contributed by atoms with Gasteiger partial charge in [0.05, 0.1) is 12.2 Å². The number of aliphatic hydroxyl groups excluding tert-OH is 2. The summed E-state index contributed by atoms with van der Waals surface area (Å²) in [5.41, 5.74) is 0.560. The van der Waals surface area contributed by atoms with Crippen LogP contribution in [0, 0.1) is 28.6 Å². The topological polar surface area (TPSA) is 93.1 Å². The van der Waals surface area contributed by atoms with E-state index in [9.17, 15) is 19.8 Å². The van der Waals surface area contributed by atoms with Gasteiger partial charge in [0.1, 0.15) is 6.10 Å². The van der Waals surface area contributed by atoms with Crippen molar-refractivity contribution in [1.82, 2.24) is 0 Å². The van der Waals surface area contributed by atoms with Crippen LogP contribution >= 0.6 is 0 Å². The average Bonchev–Trinajstić information content (AvgIpc) is 2.93. The van der Waals surface area contributed by atoms with Crippen LogP contribution in [0.5, 0.6) is 0 Å². The van der Waals surface area contributed by atoms with E-state index in [0.29, 0.717) is 12.3 Å². The number of aliphatic hydroxyl groups is 2. The van der Waals surface area contributed by atoms with E-state index >= 15 is 0 Å². The molecule has 0 aromatic carbocycles. The van der Waals surface area contributed by atoms with Crippen LogP contribution in [-0.4, -0.2) is 46.6 Å². The molecule has 0 heterocycles. The van der Waals surface area contributed by atoms with Gasteiger partial charge in [-0.05, 0) is 72.7 Å². The molecule has 2 N–H and O–H groups in total. The predicted molar refractivity (Wildman–Crippen MR) is 106 cm³/mol. The largest absolute Gasteiger partial charge is 0.458 e. The normalized spacial score (nSPS) is 48.6. The average molecular weight is 407 g/mol. The summed E-state index contributed by atoms with van der Waals surface area (Å²) in [6.45, 7) is 7.13. The first-order chi connectivity index (χ1) is 13.6. The van der Waals surface area contributed by atoms with Crippen LogP contribution in [0.25, 0.3) is 0 Å². The fraction of sp³-hybridized carbons (Fsp3) is 0.826. The number of carbonyl (C=O) groups excluding carboxylic acids is 2. The lowest BCUT2D eigenvalue weighted by Gasteiger charge is -2.59. The van der Waals surface area contributed by atoms with Crippen molar-refractivity contribution in [3.05, 3.63) is 11.6 Å². The van der Waals surface area contributed by atoms with Gasteiger partial charge in [0, 0.05) is 13.8 Å². The maximum atomic E-state index is 11.8. The number of ether oxygens (including phenoxy) is 2. The highest BCUT2D eigenvalue weighted by Gasteiger charge is 2.62. The summed E-state index contributed by atoms with van der Waals surface area (Å²) >= 11 is 0. The van der Waals surface area contributed by atoms with Gasteiger partial charge < -0.3 is 19.7 Å². The second-order valence-electron chi connectivity index (χ2n) is 10.2. The molecule has 3 saturated carbocycles.